The maximum atomic E-state index is 8.63. The normalized spacial score (nSPS) is 11.9. The number of rotatable bonds is 118. The molecular formula is C80H162O40S. The van der Waals surface area contributed by atoms with Crippen molar-refractivity contribution in [2.24, 2.45) is 0 Å². The van der Waals surface area contributed by atoms with Gasteiger partial charge in [-0.25, -0.2) is 0 Å². The lowest BCUT2D eigenvalue weighted by molar-refractivity contribution is -0.0312. The summed E-state index contributed by atoms with van der Waals surface area (Å²) in [4.78, 5) is 0. The summed E-state index contributed by atoms with van der Waals surface area (Å²) in [5.74, 6) is 1.78. The lowest BCUT2D eigenvalue weighted by Crippen LogP contribution is -2.16. The average Bonchev–Trinajstić information content (AvgIpc) is 2.28. The number of ether oxygens (including phenoxy) is 38. The van der Waals surface area contributed by atoms with Crippen molar-refractivity contribution in [1.29, 1.82) is 0 Å². The van der Waals surface area contributed by atoms with Crippen LogP contribution in [0, 0.1) is 0 Å². The van der Waals surface area contributed by atoms with Crippen molar-refractivity contribution >= 4 is 11.8 Å². The fourth-order valence-corrected chi connectivity index (χ4v) is 9.26. The molecule has 0 rings (SSSR count). The van der Waals surface area contributed by atoms with Gasteiger partial charge in [-0.1, -0.05) is 0 Å². The predicted octanol–water partition coefficient (Wildman–Crippen LogP) is 0.335. The molecular weight excluding hydrogens is 1630 g/mol. The van der Waals surface area contributed by atoms with Crippen molar-refractivity contribution < 1.29 is 190 Å². The van der Waals surface area contributed by atoms with E-state index in [0.29, 0.717) is 502 Å². The number of hydrogen-bond acceptors (Lipinski definition) is 41. The minimum atomic E-state index is 0.0152. The molecule has 0 aliphatic carbocycles. The molecule has 0 saturated carbocycles. The molecule has 0 aromatic rings. The molecule has 0 amide bonds. The van der Waals surface area contributed by atoms with E-state index in [2.05, 4.69) is 0 Å². The van der Waals surface area contributed by atoms with E-state index in [1.807, 2.05) is 0 Å². The van der Waals surface area contributed by atoms with Gasteiger partial charge in [0.1, 0.15) is 0 Å². The van der Waals surface area contributed by atoms with Gasteiger partial charge in [0.15, 0.2) is 0 Å². The van der Waals surface area contributed by atoms with Crippen LogP contribution in [0.4, 0.5) is 0 Å². The Hall–Kier alpha value is -1.25. The zero-order valence-corrected chi connectivity index (χ0v) is 74.2. The summed E-state index contributed by atoms with van der Waals surface area (Å²) in [7, 11) is 0. The van der Waals surface area contributed by atoms with E-state index in [9.17, 15) is 0 Å². The molecule has 0 aromatic carbocycles. The van der Waals surface area contributed by atoms with Crippen molar-refractivity contribution in [1.82, 2.24) is 0 Å². The number of thioether (sulfide) groups is 1. The maximum absolute atomic E-state index is 8.63. The van der Waals surface area contributed by atoms with Gasteiger partial charge in [0.25, 0.3) is 0 Å². The fourth-order valence-electron chi connectivity index (χ4n) is 8.59. The van der Waals surface area contributed by atoms with E-state index in [0.717, 1.165) is 11.5 Å². The molecule has 0 radical (unpaired) electrons. The molecule has 2 N–H and O–H groups in total. The third-order valence-electron chi connectivity index (χ3n) is 14.6. The van der Waals surface area contributed by atoms with Crippen molar-refractivity contribution in [2.45, 2.75) is 0 Å². The van der Waals surface area contributed by atoms with E-state index >= 15 is 0 Å². The second-order valence-corrected chi connectivity index (χ2v) is 25.6. The molecule has 0 bridgehead atoms. The zero-order valence-electron chi connectivity index (χ0n) is 73.4. The van der Waals surface area contributed by atoms with Gasteiger partial charge < -0.3 is 190 Å². The molecule has 41 heteroatoms. The second kappa shape index (κ2) is 119. The van der Waals surface area contributed by atoms with Crippen LogP contribution in [0.25, 0.3) is 0 Å². The Kier molecular flexibility index (Phi) is 118. The Morgan fingerprint density at radius 2 is 0.140 bits per heavy atom. The summed E-state index contributed by atoms with van der Waals surface area (Å²) < 4.78 is 209. The molecule has 728 valence electrons. The van der Waals surface area contributed by atoms with Crippen LogP contribution in [0.15, 0.2) is 0 Å². The fraction of sp³-hybridized carbons (Fsp3) is 1.00. The first kappa shape index (κ1) is 120. The van der Waals surface area contributed by atoms with E-state index in [4.69, 9.17) is 190 Å². The molecule has 0 fully saturated rings. The zero-order chi connectivity index (χ0) is 86.1. The molecule has 0 aliphatic rings. The van der Waals surface area contributed by atoms with Crippen molar-refractivity contribution in [2.75, 3.05) is 527 Å². The Labute approximate surface area is 726 Å². The largest absolute Gasteiger partial charge is 0.394 e. The van der Waals surface area contributed by atoms with Crippen molar-refractivity contribution in [3.8, 4) is 0 Å². The molecule has 0 aliphatic heterocycles. The lowest BCUT2D eigenvalue weighted by atomic mass is 10.6. The molecule has 0 unspecified atom stereocenters. The highest BCUT2D eigenvalue weighted by Crippen LogP contribution is 2.01. The van der Waals surface area contributed by atoms with Gasteiger partial charge in [-0.15, -0.1) is 0 Å². The Morgan fingerprint density at radius 1 is 0.0826 bits per heavy atom. The van der Waals surface area contributed by atoms with Gasteiger partial charge in [0.05, 0.1) is 515 Å². The number of aliphatic hydroxyl groups is 2. The molecule has 0 spiro atoms. The average molecular weight is 1800 g/mol. The Balaban J connectivity index is 3.10. The van der Waals surface area contributed by atoms with Gasteiger partial charge in [-0.05, 0) is 0 Å². The minimum Gasteiger partial charge on any atom is -0.394 e. The maximum Gasteiger partial charge on any atom is 0.0701 e. The molecule has 0 saturated heterocycles. The summed E-state index contributed by atoms with van der Waals surface area (Å²) in [6.07, 6.45) is 0. The lowest BCUT2D eigenvalue weighted by Gasteiger charge is -2.09. The summed E-state index contributed by atoms with van der Waals surface area (Å²) in [6, 6.07) is 0. The number of hydrogen-bond donors (Lipinski definition) is 2. The van der Waals surface area contributed by atoms with Crippen LogP contribution in [0.1, 0.15) is 0 Å². The standard InChI is InChI=1S/C80H162O40S/c81-1-3-83-5-7-85-9-11-87-13-15-89-17-19-91-21-23-93-25-27-95-29-31-97-33-35-99-37-39-101-41-43-103-45-47-105-49-51-107-53-55-109-57-59-111-61-63-113-65-67-115-69-71-117-73-75-119-77-79-121-80-78-120-76-74-118-72-70-116-68-66-114-64-62-112-60-58-110-56-54-108-52-50-106-48-46-104-44-42-102-40-38-100-36-34-98-32-30-96-28-26-94-24-22-92-20-18-90-16-14-88-12-10-86-8-6-84-4-2-82/h81-82H,1-80H2. The quantitative estimate of drug-likeness (QED) is 0.0775. The molecule has 0 heterocycles. The third kappa shape index (κ3) is 119. The highest BCUT2D eigenvalue weighted by Gasteiger charge is 2.05. The topological polar surface area (TPSA) is 391 Å². The SMILES string of the molecule is OCCOCCOCCOCCOCCOCCOCCOCCOCCOCCOCCOCCOCCOCCOCCOCCOCCOCCOCCOCCSCCOCCOCCOCCOCCOCCOCCOCCOCCOCCOCCOCCOCCOCCOCCOCCOCCOCCOCCOCCO. The van der Waals surface area contributed by atoms with E-state index in [1.54, 1.807) is 11.8 Å². The smallest absolute Gasteiger partial charge is 0.0701 e. The highest BCUT2D eigenvalue weighted by atomic mass is 32.2. The van der Waals surface area contributed by atoms with Crippen LogP contribution in [0.5, 0.6) is 0 Å². The van der Waals surface area contributed by atoms with Crippen LogP contribution >= 0.6 is 11.8 Å². The van der Waals surface area contributed by atoms with Crippen LogP contribution in [-0.2, 0) is 180 Å². The second-order valence-electron chi connectivity index (χ2n) is 24.3. The van der Waals surface area contributed by atoms with Crippen molar-refractivity contribution in [3.63, 3.8) is 0 Å². The summed E-state index contributed by atoms with van der Waals surface area (Å²) in [6.45, 7) is 37.0. The summed E-state index contributed by atoms with van der Waals surface area (Å²) in [5.41, 5.74) is 0. The first-order chi connectivity index (χ1) is 60.4. The van der Waals surface area contributed by atoms with Crippen LogP contribution in [0.3, 0.4) is 0 Å². The minimum absolute atomic E-state index is 0.0152. The van der Waals surface area contributed by atoms with Gasteiger partial charge in [0.2, 0.25) is 0 Å². The van der Waals surface area contributed by atoms with Crippen LogP contribution in [0.2, 0.25) is 0 Å². The van der Waals surface area contributed by atoms with Crippen LogP contribution in [-0.4, -0.2) is 537 Å². The van der Waals surface area contributed by atoms with E-state index < -0.39 is 0 Å². The first-order valence-corrected chi connectivity index (χ1v) is 44.3. The van der Waals surface area contributed by atoms with Gasteiger partial charge in [-0.3, -0.25) is 0 Å². The Bertz CT molecular complexity index is 1570. The number of aliphatic hydroxyl groups excluding tert-OH is 2. The molecule has 0 aromatic heterocycles. The van der Waals surface area contributed by atoms with Gasteiger partial charge in [-0.2, -0.15) is 11.8 Å². The first-order valence-electron chi connectivity index (χ1n) is 43.1. The molecule has 0 atom stereocenters. The van der Waals surface area contributed by atoms with Gasteiger partial charge >= 0.3 is 0 Å². The van der Waals surface area contributed by atoms with Crippen molar-refractivity contribution in [3.05, 3.63) is 0 Å². The molecule has 121 heavy (non-hydrogen) atoms. The summed E-state index contributed by atoms with van der Waals surface area (Å²) >= 11 is 1.79. The van der Waals surface area contributed by atoms with E-state index in [-0.39, 0.29) is 13.2 Å². The predicted molar refractivity (Wildman–Crippen MR) is 443 cm³/mol. The highest BCUT2D eigenvalue weighted by molar-refractivity contribution is 7.99. The third-order valence-corrected chi connectivity index (χ3v) is 15.5. The molecule has 40 nitrogen and oxygen atoms in total. The summed E-state index contributed by atoms with van der Waals surface area (Å²) in [5, 5.41) is 17.3. The van der Waals surface area contributed by atoms with Crippen LogP contribution < -0.4 is 0 Å². The van der Waals surface area contributed by atoms with Gasteiger partial charge in [0, 0.05) is 11.5 Å². The monoisotopic (exact) mass is 1800 g/mol. The Morgan fingerprint density at radius 3 is 0.207 bits per heavy atom. The van der Waals surface area contributed by atoms with E-state index in [1.165, 1.54) is 0 Å².